The third-order valence-corrected chi connectivity index (χ3v) is 2.07. The molecule has 0 amide bonds. The standard InChI is InChI=1S/C12H16O3/c1-2-11(14)10-6-3-4-7-12(10)15-9-5-8-13/h3-4,6-7,13H,2,5,8-9H2,1H3. The van der Waals surface area contributed by atoms with Gasteiger partial charge >= 0.3 is 0 Å². The van der Waals surface area contributed by atoms with Gasteiger partial charge < -0.3 is 9.84 Å². The molecule has 0 radical (unpaired) electrons. The predicted molar refractivity (Wildman–Crippen MR) is 58.3 cm³/mol. The molecule has 0 atom stereocenters. The predicted octanol–water partition coefficient (Wildman–Crippen LogP) is 2.04. The van der Waals surface area contributed by atoms with Crippen molar-refractivity contribution in [3.05, 3.63) is 29.8 Å². The van der Waals surface area contributed by atoms with Crippen LogP contribution in [0, 0.1) is 0 Å². The maximum atomic E-state index is 11.5. The normalized spacial score (nSPS) is 10.0. The van der Waals surface area contributed by atoms with Gasteiger partial charge in [-0.1, -0.05) is 19.1 Å². The number of benzene rings is 1. The highest BCUT2D eigenvalue weighted by Gasteiger charge is 2.09. The fourth-order valence-electron chi connectivity index (χ4n) is 1.26. The van der Waals surface area contributed by atoms with E-state index < -0.39 is 0 Å². The summed E-state index contributed by atoms with van der Waals surface area (Å²) in [5, 5.41) is 8.62. The Balaban J connectivity index is 2.73. The molecule has 0 unspecified atom stereocenters. The summed E-state index contributed by atoms with van der Waals surface area (Å²) in [4.78, 5) is 11.5. The number of rotatable bonds is 6. The molecular weight excluding hydrogens is 192 g/mol. The molecular formula is C12H16O3. The molecule has 15 heavy (non-hydrogen) atoms. The Morgan fingerprint density at radius 3 is 2.80 bits per heavy atom. The Kier molecular flexibility index (Phi) is 4.84. The number of ether oxygens (including phenoxy) is 1. The van der Waals surface area contributed by atoms with E-state index in [1.165, 1.54) is 0 Å². The molecule has 1 aromatic carbocycles. The van der Waals surface area contributed by atoms with E-state index in [0.717, 1.165) is 0 Å². The Morgan fingerprint density at radius 2 is 2.13 bits per heavy atom. The third kappa shape index (κ3) is 3.36. The summed E-state index contributed by atoms with van der Waals surface area (Å²) in [5.74, 6) is 0.687. The van der Waals surface area contributed by atoms with E-state index in [1.54, 1.807) is 12.1 Å². The highest BCUT2D eigenvalue weighted by atomic mass is 16.5. The van der Waals surface area contributed by atoms with E-state index in [1.807, 2.05) is 19.1 Å². The molecule has 0 heterocycles. The minimum Gasteiger partial charge on any atom is -0.493 e. The van der Waals surface area contributed by atoms with Crippen LogP contribution in [0.15, 0.2) is 24.3 Å². The van der Waals surface area contributed by atoms with Gasteiger partial charge in [-0.25, -0.2) is 0 Å². The van der Waals surface area contributed by atoms with Crippen LogP contribution in [0.1, 0.15) is 30.1 Å². The van der Waals surface area contributed by atoms with Crippen molar-refractivity contribution < 1.29 is 14.6 Å². The van der Waals surface area contributed by atoms with Crippen molar-refractivity contribution in [2.24, 2.45) is 0 Å². The molecule has 3 nitrogen and oxygen atoms in total. The topological polar surface area (TPSA) is 46.5 Å². The van der Waals surface area contributed by atoms with E-state index in [4.69, 9.17) is 9.84 Å². The molecule has 1 aromatic rings. The summed E-state index contributed by atoms with van der Waals surface area (Å²) in [5.41, 5.74) is 0.623. The Morgan fingerprint density at radius 1 is 1.40 bits per heavy atom. The lowest BCUT2D eigenvalue weighted by molar-refractivity contribution is 0.0984. The molecule has 0 aliphatic carbocycles. The third-order valence-electron chi connectivity index (χ3n) is 2.07. The van der Waals surface area contributed by atoms with Gasteiger partial charge in [0.15, 0.2) is 5.78 Å². The largest absolute Gasteiger partial charge is 0.493 e. The number of carbonyl (C=O) groups is 1. The van der Waals surface area contributed by atoms with Crippen molar-refractivity contribution in [3.63, 3.8) is 0 Å². The SMILES string of the molecule is CCC(=O)c1ccccc1OCCCO. The van der Waals surface area contributed by atoms with Gasteiger partial charge in [-0.3, -0.25) is 4.79 Å². The summed E-state index contributed by atoms with van der Waals surface area (Å²) in [6, 6.07) is 7.20. The quantitative estimate of drug-likeness (QED) is 0.575. The van der Waals surface area contributed by atoms with Crippen molar-refractivity contribution in [2.75, 3.05) is 13.2 Å². The fraction of sp³-hybridized carbons (Fsp3) is 0.417. The zero-order valence-corrected chi connectivity index (χ0v) is 8.90. The van der Waals surface area contributed by atoms with E-state index in [0.29, 0.717) is 30.8 Å². The molecule has 0 aliphatic heterocycles. The summed E-state index contributed by atoms with van der Waals surface area (Å²) in [6.45, 7) is 2.36. The highest BCUT2D eigenvalue weighted by molar-refractivity contribution is 5.98. The van der Waals surface area contributed by atoms with Crippen molar-refractivity contribution in [1.29, 1.82) is 0 Å². The van der Waals surface area contributed by atoms with Crippen LogP contribution in [0.25, 0.3) is 0 Å². The van der Waals surface area contributed by atoms with Gasteiger partial charge in [-0.15, -0.1) is 0 Å². The summed E-state index contributed by atoms with van der Waals surface area (Å²) in [7, 11) is 0. The first-order valence-corrected chi connectivity index (χ1v) is 5.15. The van der Waals surface area contributed by atoms with Gasteiger partial charge in [-0.2, -0.15) is 0 Å². The fourth-order valence-corrected chi connectivity index (χ4v) is 1.26. The van der Waals surface area contributed by atoms with Crippen LogP contribution in [-0.2, 0) is 0 Å². The number of Topliss-reactive ketones (excluding diaryl/α,β-unsaturated/α-hetero) is 1. The minimum atomic E-state index is 0.0783. The molecule has 1 rings (SSSR count). The van der Waals surface area contributed by atoms with Gasteiger partial charge in [0, 0.05) is 19.4 Å². The van der Waals surface area contributed by atoms with E-state index in [-0.39, 0.29) is 12.4 Å². The maximum absolute atomic E-state index is 11.5. The number of para-hydroxylation sites is 1. The minimum absolute atomic E-state index is 0.0783. The molecule has 3 heteroatoms. The van der Waals surface area contributed by atoms with Crippen molar-refractivity contribution in [3.8, 4) is 5.75 Å². The molecule has 0 aliphatic rings. The van der Waals surface area contributed by atoms with Crippen LogP contribution in [0.5, 0.6) is 5.75 Å². The number of hydrogen-bond acceptors (Lipinski definition) is 3. The zero-order valence-electron chi connectivity index (χ0n) is 8.90. The number of aliphatic hydroxyl groups is 1. The van der Waals surface area contributed by atoms with Gasteiger partial charge in [0.2, 0.25) is 0 Å². The van der Waals surface area contributed by atoms with Gasteiger partial charge in [0.05, 0.1) is 12.2 Å². The number of hydrogen-bond donors (Lipinski definition) is 1. The Labute approximate surface area is 89.7 Å². The summed E-state index contributed by atoms with van der Waals surface area (Å²) >= 11 is 0. The first-order valence-electron chi connectivity index (χ1n) is 5.15. The first-order chi connectivity index (χ1) is 7.29. The number of carbonyl (C=O) groups excluding carboxylic acids is 1. The molecule has 0 bridgehead atoms. The molecule has 82 valence electrons. The van der Waals surface area contributed by atoms with Crippen LogP contribution < -0.4 is 4.74 Å². The monoisotopic (exact) mass is 208 g/mol. The highest BCUT2D eigenvalue weighted by Crippen LogP contribution is 2.19. The molecule has 0 aromatic heterocycles. The van der Waals surface area contributed by atoms with Crippen molar-refractivity contribution >= 4 is 5.78 Å². The second-order valence-electron chi connectivity index (χ2n) is 3.20. The van der Waals surface area contributed by atoms with E-state index >= 15 is 0 Å². The second kappa shape index (κ2) is 6.19. The number of aliphatic hydroxyl groups excluding tert-OH is 1. The Bertz CT molecular complexity index is 320. The van der Waals surface area contributed by atoms with Crippen LogP contribution in [0.2, 0.25) is 0 Å². The smallest absolute Gasteiger partial charge is 0.166 e. The van der Waals surface area contributed by atoms with Gasteiger partial charge in [-0.05, 0) is 12.1 Å². The van der Waals surface area contributed by atoms with Crippen LogP contribution in [-0.4, -0.2) is 24.1 Å². The van der Waals surface area contributed by atoms with Crippen molar-refractivity contribution in [2.45, 2.75) is 19.8 Å². The second-order valence-corrected chi connectivity index (χ2v) is 3.20. The van der Waals surface area contributed by atoms with E-state index in [9.17, 15) is 4.79 Å². The molecule has 0 spiro atoms. The summed E-state index contributed by atoms with van der Waals surface area (Å²) < 4.78 is 5.42. The van der Waals surface area contributed by atoms with Gasteiger partial charge in [0.1, 0.15) is 5.75 Å². The maximum Gasteiger partial charge on any atom is 0.166 e. The lowest BCUT2D eigenvalue weighted by atomic mass is 10.1. The van der Waals surface area contributed by atoms with Crippen LogP contribution in [0.4, 0.5) is 0 Å². The Hall–Kier alpha value is -1.35. The molecule has 0 saturated heterocycles. The van der Waals surface area contributed by atoms with Crippen LogP contribution in [0.3, 0.4) is 0 Å². The lowest BCUT2D eigenvalue weighted by Crippen LogP contribution is -2.05. The van der Waals surface area contributed by atoms with Gasteiger partial charge in [0.25, 0.3) is 0 Å². The zero-order chi connectivity index (χ0) is 11.1. The first kappa shape index (κ1) is 11.7. The average Bonchev–Trinajstić information content (AvgIpc) is 2.29. The lowest BCUT2D eigenvalue weighted by Gasteiger charge is -2.09. The van der Waals surface area contributed by atoms with E-state index in [2.05, 4.69) is 0 Å². The molecule has 1 N–H and O–H groups in total. The molecule has 0 fully saturated rings. The summed E-state index contributed by atoms with van der Waals surface area (Å²) in [6.07, 6.45) is 1.05. The number of ketones is 1. The molecule has 0 saturated carbocycles. The van der Waals surface area contributed by atoms with Crippen LogP contribution >= 0.6 is 0 Å². The average molecular weight is 208 g/mol. The van der Waals surface area contributed by atoms with Crippen molar-refractivity contribution in [1.82, 2.24) is 0 Å².